The first-order valence-corrected chi connectivity index (χ1v) is 8.93. The maximum atomic E-state index is 12.7. The molecule has 0 saturated carbocycles. The highest BCUT2D eigenvalue weighted by Gasteiger charge is 2.35. The van der Waals surface area contributed by atoms with Gasteiger partial charge in [-0.25, -0.2) is 0 Å². The number of allylic oxidation sites excluding steroid dienone is 2. The van der Waals surface area contributed by atoms with E-state index in [1.165, 1.54) is 11.8 Å². The van der Waals surface area contributed by atoms with E-state index in [0.29, 0.717) is 9.23 Å². The Bertz CT molecular complexity index is 797. The molecule has 2 aromatic rings. The van der Waals surface area contributed by atoms with Crippen molar-refractivity contribution in [1.82, 2.24) is 4.90 Å². The molecular weight excluding hydrogens is 334 g/mol. The number of amides is 1. The zero-order valence-electron chi connectivity index (χ0n) is 13.3. The first-order chi connectivity index (χ1) is 11.7. The van der Waals surface area contributed by atoms with E-state index in [0.717, 1.165) is 11.1 Å². The molecule has 1 unspecified atom stereocenters. The van der Waals surface area contributed by atoms with E-state index in [2.05, 4.69) is 0 Å². The highest BCUT2D eigenvalue weighted by molar-refractivity contribution is 8.26. The SMILES string of the molecule is CC(c1ccccc1)N1C(=O)/C(=C\C=C\c2ccccc2)SC1=S. The van der Waals surface area contributed by atoms with Crippen LogP contribution in [0.15, 0.2) is 77.7 Å². The first kappa shape index (κ1) is 16.7. The lowest BCUT2D eigenvalue weighted by atomic mass is 10.1. The third-order valence-electron chi connectivity index (χ3n) is 3.83. The average Bonchev–Trinajstić information content (AvgIpc) is 2.90. The second kappa shape index (κ2) is 7.60. The van der Waals surface area contributed by atoms with Crippen molar-refractivity contribution >= 4 is 40.3 Å². The zero-order chi connectivity index (χ0) is 16.9. The molecule has 2 aromatic carbocycles. The van der Waals surface area contributed by atoms with Gasteiger partial charge in [0.1, 0.15) is 4.32 Å². The van der Waals surface area contributed by atoms with E-state index >= 15 is 0 Å². The van der Waals surface area contributed by atoms with Gasteiger partial charge in [-0.15, -0.1) is 0 Å². The van der Waals surface area contributed by atoms with Crippen molar-refractivity contribution in [2.45, 2.75) is 13.0 Å². The van der Waals surface area contributed by atoms with Crippen LogP contribution in [0.25, 0.3) is 6.08 Å². The molecular formula is C20H17NOS2. The monoisotopic (exact) mass is 351 g/mol. The molecule has 0 radical (unpaired) electrons. The summed E-state index contributed by atoms with van der Waals surface area (Å²) in [7, 11) is 0. The zero-order valence-corrected chi connectivity index (χ0v) is 14.9. The Hall–Kier alpha value is -2.17. The maximum Gasteiger partial charge on any atom is 0.266 e. The number of carbonyl (C=O) groups is 1. The quantitative estimate of drug-likeness (QED) is 0.557. The Morgan fingerprint density at radius 2 is 1.67 bits per heavy atom. The molecule has 1 aliphatic rings. The summed E-state index contributed by atoms with van der Waals surface area (Å²) in [5.41, 5.74) is 2.18. The summed E-state index contributed by atoms with van der Waals surface area (Å²) < 4.78 is 0.607. The van der Waals surface area contributed by atoms with E-state index < -0.39 is 0 Å². The summed E-state index contributed by atoms with van der Waals surface area (Å²) in [4.78, 5) is 15.0. The van der Waals surface area contributed by atoms with Gasteiger partial charge in [-0.1, -0.05) is 96.8 Å². The first-order valence-electron chi connectivity index (χ1n) is 7.70. The largest absolute Gasteiger partial charge is 0.286 e. The van der Waals surface area contributed by atoms with Crippen molar-refractivity contribution in [2.75, 3.05) is 0 Å². The molecule has 1 heterocycles. The minimum atomic E-state index is -0.0669. The molecule has 0 bridgehead atoms. The van der Waals surface area contributed by atoms with Gasteiger partial charge < -0.3 is 0 Å². The van der Waals surface area contributed by atoms with Crippen LogP contribution in [0, 0.1) is 0 Å². The third-order valence-corrected chi connectivity index (χ3v) is 5.18. The van der Waals surface area contributed by atoms with Crippen molar-refractivity contribution in [3.63, 3.8) is 0 Å². The van der Waals surface area contributed by atoms with Crippen LogP contribution in [0.4, 0.5) is 0 Å². The number of nitrogens with zero attached hydrogens (tertiary/aromatic N) is 1. The van der Waals surface area contributed by atoms with E-state index in [1.54, 1.807) is 4.90 Å². The summed E-state index contributed by atoms with van der Waals surface area (Å²) in [6.07, 6.45) is 5.71. The highest BCUT2D eigenvalue weighted by Crippen LogP contribution is 2.36. The standard InChI is InChI=1S/C20H17NOS2/c1-15(17-12-6-3-7-13-17)21-19(22)18(24-20(21)23)14-8-11-16-9-4-2-5-10-16/h2-15H,1H3/b11-8+,18-14+. The van der Waals surface area contributed by atoms with Gasteiger partial charge >= 0.3 is 0 Å². The fourth-order valence-corrected chi connectivity index (χ4v) is 3.89. The summed E-state index contributed by atoms with van der Waals surface area (Å²) in [6.45, 7) is 2.00. The van der Waals surface area contributed by atoms with Crippen LogP contribution in [0.2, 0.25) is 0 Å². The van der Waals surface area contributed by atoms with E-state index in [9.17, 15) is 4.79 Å². The fourth-order valence-electron chi connectivity index (χ4n) is 2.52. The second-order valence-electron chi connectivity index (χ2n) is 5.43. The van der Waals surface area contributed by atoms with Crippen molar-refractivity contribution < 1.29 is 4.79 Å². The number of hydrogen-bond acceptors (Lipinski definition) is 3. The molecule has 3 rings (SSSR count). The highest BCUT2D eigenvalue weighted by atomic mass is 32.2. The molecule has 1 atom stereocenters. The molecule has 24 heavy (non-hydrogen) atoms. The summed E-state index contributed by atoms with van der Waals surface area (Å²) >= 11 is 6.78. The Kier molecular flexibility index (Phi) is 5.28. The van der Waals surface area contributed by atoms with Crippen molar-refractivity contribution in [3.05, 3.63) is 88.8 Å². The third kappa shape index (κ3) is 3.66. The lowest BCUT2D eigenvalue weighted by Gasteiger charge is -2.23. The summed E-state index contributed by atoms with van der Waals surface area (Å²) in [5, 5.41) is 0. The van der Waals surface area contributed by atoms with Gasteiger partial charge in [0, 0.05) is 0 Å². The molecule has 1 amide bonds. The molecule has 120 valence electrons. The molecule has 1 saturated heterocycles. The van der Waals surface area contributed by atoms with Gasteiger partial charge in [-0.05, 0) is 24.1 Å². The molecule has 1 fully saturated rings. The minimum Gasteiger partial charge on any atom is -0.286 e. The Labute approximate surface area is 151 Å². The van der Waals surface area contributed by atoms with Crippen LogP contribution in [-0.2, 0) is 4.79 Å². The molecule has 0 aliphatic carbocycles. The van der Waals surface area contributed by atoms with Gasteiger partial charge in [0.15, 0.2) is 0 Å². The fraction of sp³-hybridized carbons (Fsp3) is 0.100. The predicted molar refractivity (Wildman–Crippen MR) is 105 cm³/mol. The topological polar surface area (TPSA) is 20.3 Å². The summed E-state index contributed by atoms with van der Waals surface area (Å²) in [6, 6.07) is 19.9. The number of thioether (sulfide) groups is 1. The van der Waals surface area contributed by atoms with Gasteiger partial charge in [0.25, 0.3) is 5.91 Å². The van der Waals surface area contributed by atoms with E-state index in [4.69, 9.17) is 12.2 Å². The van der Waals surface area contributed by atoms with Crippen LogP contribution in [-0.4, -0.2) is 15.1 Å². The van der Waals surface area contributed by atoms with Crippen LogP contribution in [0.3, 0.4) is 0 Å². The van der Waals surface area contributed by atoms with Crippen molar-refractivity contribution in [2.24, 2.45) is 0 Å². The number of thiocarbonyl (C=S) groups is 1. The van der Waals surface area contributed by atoms with E-state index in [1.807, 2.05) is 85.8 Å². The van der Waals surface area contributed by atoms with Gasteiger partial charge in [0.05, 0.1) is 10.9 Å². The molecule has 1 aliphatic heterocycles. The maximum absolute atomic E-state index is 12.7. The Morgan fingerprint density at radius 1 is 1.04 bits per heavy atom. The van der Waals surface area contributed by atoms with Crippen LogP contribution >= 0.6 is 24.0 Å². The lowest BCUT2D eigenvalue weighted by molar-refractivity contribution is -0.123. The Morgan fingerprint density at radius 3 is 2.33 bits per heavy atom. The number of benzene rings is 2. The number of carbonyl (C=O) groups excluding carboxylic acids is 1. The van der Waals surface area contributed by atoms with Crippen molar-refractivity contribution in [1.29, 1.82) is 0 Å². The summed E-state index contributed by atoms with van der Waals surface area (Å²) in [5.74, 6) is -0.0286. The second-order valence-corrected chi connectivity index (χ2v) is 7.11. The van der Waals surface area contributed by atoms with Gasteiger partial charge in [-0.2, -0.15) is 0 Å². The Balaban J connectivity index is 1.76. The van der Waals surface area contributed by atoms with Crippen LogP contribution < -0.4 is 0 Å². The van der Waals surface area contributed by atoms with Gasteiger partial charge in [0.2, 0.25) is 0 Å². The molecule has 4 heteroatoms. The van der Waals surface area contributed by atoms with Gasteiger partial charge in [-0.3, -0.25) is 9.69 Å². The smallest absolute Gasteiger partial charge is 0.266 e. The molecule has 0 aromatic heterocycles. The normalized spacial score (nSPS) is 17.9. The van der Waals surface area contributed by atoms with Crippen molar-refractivity contribution in [3.8, 4) is 0 Å². The predicted octanol–water partition coefficient (Wildman–Crippen LogP) is 5.21. The molecule has 0 N–H and O–H groups in total. The number of hydrogen-bond donors (Lipinski definition) is 0. The number of rotatable bonds is 4. The minimum absolute atomic E-state index is 0.0286. The molecule has 0 spiro atoms. The average molecular weight is 351 g/mol. The van der Waals surface area contributed by atoms with Crippen LogP contribution in [0.1, 0.15) is 24.1 Å². The lowest BCUT2D eigenvalue weighted by Crippen LogP contribution is -2.30. The van der Waals surface area contributed by atoms with Crippen LogP contribution in [0.5, 0.6) is 0 Å². The van der Waals surface area contributed by atoms with E-state index in [-0.39, 0.29) is 11.9 Å². The molecule has 2 nitrogen and oxygen atoms in total.